The van der Waals surface area contributed by atoms with Gasteiger partial charge in [0.2, 0.25) is 0 Å². The second-order valence-electron chi connectivity index (χ2n) is 7.03. The number of para-hydroxylation sites is 1. The zero-order valence-electron chi connectivity index (χ0n) is 18.1. The molecule has 1 aliphatic rings. The van der Waals surface area contributed by atoms with E-state index in [4.69, 9.17) is 18.9 Å². The first-order chi connectivity index (χ1) is 14.6. The summed E-state index contributed by atoms with van der Waals surface area (Å²) in [6.45, 7) is 4.88. The maximum atomic E-state index is 12.2. The fourth-order valence-electron chi connectivity index (χ4n) is 3.58. The summed E-state index contributed by atoms with van der Waals surface area (Å²) in [5.41, 5.74) is 2.43. The van der Waals surface area contributed by atoms with Crippen molar-refractivity contribution in [2.75, 3.05) is 34.4 Å². The van der Waals surface area contributed by atoms with Gasteiger partial charge in [-0.3, -0.25) is 4.90 Å². The molecule has 0 aromatic heterocycles. The van der Waals surface area contributed by atoms with Crippen LogP contribution in [0.25, 0.3) is 5.76 Å². The lowest BCUT2D eigenvalue weighted by Crippen LogP contribution is -2.24. The lowest BCUT2D eigenvalue weighted by Gasteiger charge is -2.21. The Bertz CT molecular complexity index is 922. The number of ether oxygens (including phenoxy) is 4. The number of fused-ring (bicyclic) bond motifs is 1. The number of nitrogens with zero attached hydrogens (tertiary/aromatic N) is 1. The van der Waals surface area contributed by atoms with Gasteiger partial charge < -0.3 is 18.9 Å². The summed E-state index contributed by atoms with van der Waals surface area (Å²) in [6, 6.07) is 11.6. The normalized spacial score (nSPS) is 14.0. The predicted molar refractivity (Wildman–Crippen MR) is 116 cm³/mol. The Morgan fingerprint density at radius 1 is 0.967 bits per heavy atom. The molecule has 0 spiro atoms. The molecule has 3 rings (SSSR count). The molecule has 0 radical (unpaired) electrons. The summed E-state index contributed by atoms with van der Waals surface area (Å²) in [5.74, 6) is 2.24. The van der Waals surface area contributed by atoms with E-state index in [1.807, 2.05) is 24.3 Å². The van der Waals surface area contributed by atoms with Crippen LogP contribution in [0.1, 0.15) is 41.3 Å². The van der Waals surface area contributed by atoms with Gasteiger partial charge in [0.15, 0.2) is 11.5 Å². The van der Waals surface area contributed by atoms with Gasteiger partial charge in [-0.05, 0) is 50.2 Å². The monoisotopic (exact) mass is 411 g/mol. The summed E-state index contributed by atoms with van der Waals surface area (Å²) in [7, 11) is 4.82. The number of hydrogen-bond donors (Lipinski definition) is 0. The molecule has 2 aromatic carbocycles. The average Bonchev–Trinajstić information content (AvgIpc) is 3.09. The summed E-state index contributed by atoms with van der Waals surface area (Å²) in [4.78, 5) is 14.6. The quantitative estimate of drug-likeness (QED) is 0.423. The molecule has 0 atom stereocenters. The van der Waals surface area contributed by atoms with E-state index < -0.39 is 0 Å². The van der Waals surface area contributed by atoms with Crippen molar-refractivity contribution >= 4 is 11.7 Å². The summed E-state index contributed by atoms with van der Waals surface area (Å²) in [5, 5.41) is 0. The van der Waals surface area contributed by atoms with Crippen molar-refractivity contribution in [3.05, 3.63) is 59.2 Å². The van der Waals surface area contributed by atoms with Crippen molar-refractivity contribution in [2.45, 2.75) is 26.3 Å². The molecule has 0 fully saturated rings. The molecule has 0 bridgehead atoms. The third kappa shape index (κ3) is 4.76. The van der Waals surface area contributed by atoms with Gasteiger partial charge in [-0.1, -0.05) is 25.1 Å². The lowest BCUT2D eigenvalue weighted by atomic mass is 10.1. The highest BCUT2D eigenvalue weighted by molar-refractivity contribution is 6.03. The average molecular weight is 411 g/mol. The van der Waals surface area contributed by atoms with Crippen LogP contribution < -0.4 is 14.2 Å². The van der Waals surface area contributed by atoms with E-state index in [2.05, 4.69) is 17.9 Å². The molecule has 0 unspecified atom stereocenters. The van der Waals surface area contributed by atoms with Crippen molar-refractivity contribution in [3.8, 4) is 17.2 Å². The zero-order valence-corrected chi connectivity index (χ0v) is 18.1. The number of carbonyl (C=O) groups is 1. The Labute approximate surface area is 178 Å². The highest BCUT2D eigenvalue weighted by atomic mass is 16.5. The first-order valence-corrected chi connectivity index (χ1v) is 10.1. The van der Waals surface area contributed by atoms with Crippen molar-refractivity contribution in [3.63, 3.8) is 0 Å². The van der Waals surface area contributed by atoms with Gasteiger partial charge in [-0.25, -0.2) is 4.79 Å². The van der Waals surface area contributed by atoms with Gasteiger partial charge in [0.05, 0.1) is 26.9 Å². The Balaban J connectivity index is 1.63. The minimum absolute atomic E-state index is 0.358. The highest BCUT2D eigenvalue weighted by Gasteiger charge is 2.28. The van der Waals surface area contributed by atoms with Crippen LogP contribution in [0.4, 0.5) is 0 Å². The van der Waals surface area contributed by atoms with Crippen LogP contribution in [-0.4, -0.2) is 45.3 Å². The molecule has 0 amide bonds. The van der Waals surface area contributed by atoms with E-state index in [1.165, 1.54) is 5.56 Å². The molecule has 0 aliphatic carbocycles. The van der Waals surface area contributed by atoms with Gasteiger partial charge in [0.25, 0.3) is 0 Å². The molecule has 0 saturated carbocycles. The molecule has 1 heterocycles. The number of methoxy groups -OCH3 is 3. The number of allylic oxidation sites excluding steroid dienone is 1. The minimum Gasteiger partial charge on any atom is -0.496 e. The van der Waals surface area contributed by atoms with Crippen molar-refractivity contribution in [1.29, 1.82) is 0 Å². The van der Waals surface area contributed by atoms with Crippen molar-refractivity contribution in [2.24, 2.45) is 0 Å². The predicted octanol–water partition coefficient (Wildman–Crippen LogP) is 4.53. The Kier molecular flexibility index (Phi) is 7.36. The van der Waals surface area contributed by atoms with Gasteiger partial charge in [-0.15, -0.1) is 0 Å². The van der Waals surface area contributed by atoms with Crippen molar-refractivity contribution < 1.29 is 23.7 Å². The summed E-state index contributed by atoms with van der Waals surface area (Å²) in [6.07, 6.45) is 3.73. The summed E-state index contributed by atoms with van der Waals surface area (Å²) >= 11 is 0. The van der Waals surface area contributed by atoms with Crippen LogP contribution in [0.2, 0.25) is 0 Å². The van der Waals surface area contributed by atoms with E-state index in [1.54, 1.807) is 33.5 Å². The van der Waals surface area contributed by atoms with Crippen LogP contribution in [0.15, 0.2) is 42.5 Å². The SMILES string of the molecule is CCN(CCC/C=C1\OC(=O)c2cc(OC)c(OC)cc21)Cc1ccccc1OC. The number of hydrogen-bond acceptors (Lipinski definition) is 6. The fourth-order valence-corrected chi connectivity index (χ4v) is 3.58. The van der Waals surface area contributed by atoms with Gasteiger partial charge in [0, 0.05) is 17.7 Å². The second kappa shape index (κ2) is 10.2. The number of carbonyl (C=O) groups excluding carboxylic acids is 1. The minimum atomic E-state index is -0.358. The molecule has 0 N–H and O–H groups in total. The van der Waals surface area contributed by atoms with E-state index in [9.17, 15) is 4.79 Å². The standard InChI is InChI=1S/C24H29NO5/c1-5-25(16-17-10-6-7-11-20(17)27-2)13-9-8-12-21-18-14-22(28-3)23(29-4)15-19(18)24(26)30-21/h6-7,10-12,14-15H,5,8-9,13,16H2,1-4H3/b21-12-. The molecule has 160 valence electrons. The topological polar surface area (TPSA) is 57.2 Å². The molecule has 30 heavy (non-hydrogen) atoms. The molecule has 2 aromatic rings. The molecule has 6 heteroatoms. The van der Waals surface area contributed by atoms with E-state index >= 15 is 0 Å². The molecule has 1 aliphatic heterocycles. The molecular weight excluding hydrogens is 382 g/mol. The maximum Gasteiger partial charge on any atom is 0.344 e. The van der Waals surface area contributed by atoms with Crippen LogP contribution in [0, 0.1) is 0 Å². The smallest absolute Gasteiger partial charge is 0.344 e. The lowest BCUT2D eigenvalue weighted by molar-refractivity contribution is 0.0715. The van der Waals surface area contributed by atoms with Gasteiger partial charge >= 0.3 is 5.97 Å². The first kappa shape index (κ1) is 21.7. The van der Waals surface area contributed by atoms with Crippen LogP contribution in [0.5, 0.6) is 17.2 Å². The summed E-state index contributed by atoms with van der Waals surface area (Å²) < 4.78 is 21.6. The third-order valence-electron chi connectivity index (χ3n) is 5.25. The Hall–Kier alpha value is -2.99. The number of cyclic esters (lactones) is 1. The fraction of sp³-hybridized carbons (Fsp3) is 0.375. The number of benzene rings is 2. The first-order valence-electron chi connectivity index (χ1n) is 10.1. The van der Waals surface area contributed by atoms with E-state index in [0.29, 0.717) is 22.8 Å². The van der Waals surface area contributed by atoms with E-state index in [0.717, 1.165) is 43.8 Å². The second-order valence-corrected chi connectivity index (χ2v) is 7.03. The molecule has 0 saturated heterocycles. The van der Waals surface area contributed by atoms with Gasteiger partial charge in [-0.2, -0.15) is 0 Å². The van der Waals surface area contributed by atoms with Crippen LogP contribution in [-0.2, 0) is 11.3 Å². The third-order valence-corrected chi connectivity index (χ3v) is 5.25. The number of rotatable bonds is 10. The van der Waals surface area contributed by atoms with Crippen LogP contribution in [0.3, 0.4) is 0 Å². The number of unbranched alkanes of at least 4 members (excludes halogenated alkanes) is 1. The largest absolute Gasteiger partial charge is 0.496 e. The Morgan fingerprint density at radius 3 is 2.30 bits per heavy atom. The van der Waals surface area contributed by atoms with Crippen molar-refractivity contribution in [1.82, 2.24) is 4.90 Å². The molecular formula is C24H29NO5. The van der Waals surface area contributed by atoms with Gasteiger partial charge in [0.1, 0.15) is 11.5 Å². The maximum absolute atomic E-state index is 12.2. The van der Waals surface area contributed by atoms with Crippen LogP contribution >= 0.6 is 0 Å². The molecule has 6 nitrogen and oxygen atoms in total. The van der Waals surface area contributed by atoms with E-state index in [-0.39, 0.29) is 5.97 Å². The number of esters is 1. The zero-order chi connectivity index (χ0) is 21.5. The highest BCUT2D eigenvalue weighted by Crippen LogP contribution is 2.38. The Morgan fingerprint density at radius 2 is 1.63 bits per heavy atom.